The van der Waals surface area contributed by atoms with Crippen molar-refractivity contribution in [3.05, 3.63) is 32.7 Å². The minimum Gasteiger partial charge on any atom is -0.314 e. The molecular weight excluding hydrogens is 321 g/mol. The molecule has 1 heterocycles. The summed E-state index contributed by atoms with van der Waals surface area (Å²) in [5.74, 6) is 0. The average Bonchev–Trinajstić information content (AvgIpc) is 2.48. The third-order valence-electron chi connectivity index (χ3n) is 4.28. The predicted molar refractivity (Wildman–Crippen MR) is 85.9 cm³/mol. The van der Waals surface area contributed by atoms with Gasteiger partial charge in [0.05, 0.1) is 0 Å². The molecule has 1 aromatic rings. The molecule has 0 aromatic heterocycles. The van der Waals surface area contributed by atoms with Gasteiger partial charge in [-0.2, -0.15) is 8.42 Å². The van der Waals surface area contributed by atoms with E-state index >= 15 is 0 Å². The van der Waals surface area contributed by atoms with Gasteiger partial charge in [-0.3, -0.25) is 4.90 Å². The fourth-order valence-corrected chi connectivity index (χ4v) is 4.07. The van der Waals surface area contributed by atoms with Gasteiger partial charge in [0.15, 0.2) is 0 Å². The molecule has 23 heavy (non-hydrogen) atoms. The Labute approximate surface area is 135 Å². The van der Waals surface area contributed by atoms with Gasteiger partial charge in [-0.05, 0) is 48.6 Å². The van der Waals surface area contributed by atoms with Crippen molar-refractivity contribution in [2.45, 2.75) is 32.2 Å². The van der Waals surface area contributed by atoms with E-state index in [4.69, 9.17) is 5.53 Å². The Kier molecular flexibility index (Phi) is 5.26. The molecule has 2 rings (SSSR count). The first kappa shape index (κ1) is 17.7. The maximum atomic E-state index is 13.8. The van der Waals surface area contributed by atoms with Crippen LogP contribution in [0.4, 0.5) is 9.57 Å². The van der Waals surface area contributed by atoms with Crippen molar-refractivity contribution >= 4 is 15.9 Å². The van der Waals surface area contributed by atoms with Gasteiger partial charge in [0.25, 0.3) is 0 Å². The molecule has 0 bridgehead atoms. The second-order valence-electron chi connectivity index (χ2n) is 5.68. The number of nitrogens with one attached hydrogen (secondary N) is 1. The van der Waals surface area contributed by atoms with Crippen LogP contribution in [0.3, 0.4) is 0 Å². The Bertz CT molecular complexity index is 766. The zero-order valence-corrected chi connectivity index (χ0v) is 14.2. The third-order valence-corrected chi connectivity index (χ3v) is 5.38. The first-order valence-corrected chi connectivity index (χ1v) is 8.71. The van der Waals surface area contributed by atoms with Gasteiger partial charge in [0, 0.05) is 43.3 Å². The van der Waals surface area contributed by atoms with Crippen molar-refractivity contribution in [1.82, 2.24) is 10.2 Å². The van der Waals surface area contributed by atoms with Crippen molar-refractivity contribution in [3.8, 4) is 0 Å². The number of benzene rings is 1. The van der Waals surface area contributed by atoms with Crippen LogP contribution in [0, 0.1) is 20.8 Å². The quantitative estimate of drug-likeness (QED) is 0.394. The summed E-state index contributed by atoms with van der Waals surface area (Å²) >= 11 is 0. The molecule has 0 atom stereocenters. The summed E-state index contributed by atoms with van der Waals surface area (Å²) in [6.45, 7) is 8.67. The highest BCUT2D eigenvalue weighted by molar-refractivity contribution is 7.86. The Morgan fingerprint density at radius 2 is 1.83 bits per heavy atom. The highest BCUT2D eigenvalue weighted by atomic mass is 32.3. The molecule has 1 aliphatic heterocycles. The van der Waals surface area contributed by atoms with Crippen LogP contribution in [0.15, 0.2) is 10.0 Å². The highest BCUT2D eigenvalue weighted by Gasteiger charge is 2.26. The summed E-state index contributed by atoms with van der Waals surface area (Å²) < 4.78 is 36.9. The van der Waals surface area contributed by atoms with E-state index in [0.717, 1.165) is 26.2 Å². The number of hydrogen-bond donors (Lipinski definition) is 1. The summed E-state index contributed by atoms with van der Waals surface area (Å²) in [6, 6.07) is 0. The number of azide groups is 1. The molecule has 1 aromatic carbocycles. The highest BCUT2D eigenvalue weighted by Crippen LogP contribution is 2.37. The summed E-state index contributed by atoms with van der Waals surface area (Å²) in [7, 11) is -4.90. The molecule has 0 aliphatic carbocycles. The van der Waals surface area contributed by atoms with Gasteiger partial charge in [-0.15, -0.1) is 3.89 Å². The molecule has 0 amide bonds. The summed E-state index contributed by atoms with van der Waals surface area (Å²) in [5, 5.41) is 6.84. The third kappa shape index (κ3) is 3.64. The van der Waals surface area contributed by atoms with Crippen LogP contribution in [-0.4, -0.2) is 39.5 Å². The molecule has 0 unspecified atom stereocenters. The Hall–Kier alpha value is -1.67. The van der Waals surface area contributed by atoms with E-state index in [1.54, 1.807) is 13.8 Å². The second-order valence-corrected chi connectivity index (χ2v) is 6.97. The molecular formula is C14H20FN5O2S. The minimum atomic E-state index is -4.90. The van der Waals surface area contributed by atoms with Gasteiger partial charge in [0.2, 0.25) is 0 Å². The molecule has 1 saturated heterocycles. The van der Waals surface area contributed by atoms with Crippen LogP contribution >= 0.6 is 0 Å². The van der Waals surface area contributed by atoms with Crippen molar-refractivity contribution < 1.29 is 12.3 Å². The van der Waals surface area contributed by atoms with Gasteiger partial charge in [-0.1, -0.05) is 5.11 Å². The van der Waals surface area contributed by atoms with E-state index in [-0.39, 0.29) is 16.1 Å². The van der Waals surface area contributed by atoms with E-state index in [2.05, 4.69) is 20.2 Å². The molecule has 0 radical (unpaired) electrons. The van der Waals surface area contributed by atoms with Crippen LogP contribution in [0.5, 0.6) is 0 Å². The zero-order valence-electron chi connectivity index (χ0n) is 13.4. The number of piperazine rings is 1. The van der Waals surface area contributed by atoms with Crippen molar-refractivity contribution in [2.75, 3.05) is 26.2 Å². The summed E-state index contributed by atoms with van der Waals surface area (Å²) in [4.78, 5) is 4.54. The summed E-state index contributed by atoms with van der Waals surface area (Å²) in [6.07, 6.45) is 0. The SMILES string of the molecule is Cc1c(CN2CCNCC2)c(C)c(S(=O)(=O)F)c(C)c1N=[N+]=[N-]. The lowest BCUT2D eigenvalue weighted by molar-refractivity contribution is 0.232. The van der Waals surface area contributed by atoms with E-state index in [9.17, 15) is 12.3 Å². The lowest BCUT2D eigenvalue weighted by atomic mass is 9.96. The fraction of sp³-hybridized carbons (Fsp3) is 0.571. The van der Waals surface area contributed by atoms with Crippen LogP contribution < -0.4 is 5.32 Å². The zero-order chi connectivity index (χ0) is 17.2. The predicted octanol–water partition coefficient (Wildman–Crippen LogP) is 2.62. The molecule has 0 spiro atoms. The Morgan fingerprint density at radius 1 is 1.22 bits per heavy atom. The van der Waals surface area contributed by atoms with Crippen molar-refractivity contribution in [2.24, 2.45) is 5.11 Å². The standard InChI is InChI=1S/C14H20FN5O2S/c1-9-12(8-20-6-4-17-5-7-20)10(2)14(23(15,21)22)11(3)13(9)18-19-16/h17H,4-8H2,1-3H3. The molecule has 9 heteroatoms. The largest absolute Gasteiger partial charge is 0.332 e. The van der Waals surface area contributed by atoms with Crippen LogP contribution in [-0.2, 0) is 16.8 Å². The van der Waals surface area contributed by atoms with E-state index < -0.39 is 10.2 Å². The van der Waals surface area contributed by atoms with Gasteiger partial charge in [-0.25, -0.2) is 0 Å². The first-order chi connectivity index (χ1) is 10.8. The molecule has 1 fully saturated rings. The molecule has 0 saturated carbocycles. The molecule has 126 valence electrons. The van der Waals surface area contributed by atoms with E-state index in [1.807, 2.05) is 0 Å². The molecule has 1 N–H and O–H groups in total. The van der Waals surface area contributed by atoms with Crippen LogP contribution in [0.2, 0.25) is 0 Å². The van der Waals surface area contributed by atoms with Crippen molar-refractivity contribution in [3.63, 3.8) is 0 Å². The number of hydrogen-bond acceptors (Lipinski definition) is 5. The lowest BCUT2D eigenvalue weighted by Gasteiger charge is -2.29. The Balaban J connectivity index is 2.64. The number of nitrogens with zero attached hydrogens (tertiary/aromatic N) is 4. The fourth-order valence-electron chi connectivity index (χ4n) is 3.12. The number of rotatable bonds is 4. The average molecular weight is 341 g/mol. The van der Waals surface area contributed by atoms with Crippen LogP contribution in [0.1, 0.15) is 22.3 Å². The van der Waals surface area contributed by atoms with Gasteiger partial charge in [0.1, 0.15) is 4.90 Å². The van der Waals surface area contributed by atoms with E-state index in [1.165, 1.54) is 6.92 Å². The normalized spacial score (nSPS) is 16.2. The van der Waals surface area contributed by atoms with Crippen LogP contribution in [0.25, 0.3) is 10.4 Å². The molecule has 1 aliphatic rings. The monoisotopic (exact) mass is 341 g/mol. The molecule has 7 nitrogen and oxygen atoms in total. The Morgan fingerprint density at radius 3 is 2.35 bits per heavy atom. The maximum Gasteiger partial charge on any atom is 0.332 e. The maximum absolute atomic E-state index is 13.8. The second kappa shape index (κ2) is 6.84. The minimum absolute atomic E-state index is 0.157. The smallest absolute Gasteiger partial charge is 0.314 e. The van der Waals surface area contributed by atoms with Gasteiger partial charge >= 0.3 is 10.2 Å². The lowest BCUT2D eigenvalue weighted by Crippen LogP contribution is -2.43. The summed E-state index contributed by atoms with van der Waals surface area (Å²) in [5.41, 5.74) is 10.9. The van der Waals surface area contributed by atoms with E-state index in [0.29, 0.717) is 23.2 Å². The van der Waals surface area contributed by atoms with Crippen molar-refractivity contribution in [1.29, 1.82) is 0 Å². The van der Waals surface area contributed by atoms with Gasteiger partial charge < -0.3 is 5.32 Å². The number of halogens is 1. The topological polar surface area (TPSA) is 98.2 Å². The first-order valence-electron chi connectivity index (χ1n) is 7.32.